The molecule has 0 aromatic carbocycles. The summed E-state index contributed by atoms with van der Waals surface area (Å²) in [4.78, 5) is 0. The molecule has 5 heteroatoms. The van der Waals surface area contributed by atoms with Crippen LogP contribution in [0.1, 0.15) is 0 Å². The molecular formula is C4H3BrF4. The smallest absolute Gasteiger partial charge is 0.211 e. The molecular weight excluding hydrogens is 204 g/mol. The minimum Gasteiger partial charge on any atom is -0.211 e. The van der Waals surface area contributed by atoms with Gasteiger partial charge in [0.1, 0.15) is 5.83 Å². The van der Waals surface area contributed by atoms with Crippen molar-refractivity contribution in [3.63, 3.8) is 0 Å². The summed E-state index contributed by atoms with van der Waals surface area (Å²) in [6, 6.07) is 0. The van der Waals surface area contributed by atoms with Crippen molar-refractivity contribution in [1.82, 2.24) is 0 Å². The molecule has 0 unspecified atom stereocenters. The highest BCUT2D eigenvalue weighted by atomic mass is 79.9. The van der Waals surface area contributed by atoms with E-state index in [4.69, 9.17) is 0 Å². The highest BCUT2D eigenvalue weighted by molar-refractivity contribution is 9.09. The summed E-state index contributed by atoms with van der Waals surface area (Å²) in [6.45, 7) is 0. The molecule has 9 heavy (non-hydrogen) atoms. The third-order valence-electron chi connectivity index (χ3n) is 0.448. The molecule has 0 radical (unpaired) electrons. The van der Waals surface area contributed by atoms with E-state index in [9.17, 15) is 17.6 Å². The SMILES string of the molecule is F/C(=C\C(F)(F)F)CBr. The van der Waals surface area contributed by atoms with Gasteiger partial charge in [0.25, 0.3) is 0 Å². The lowest BCUT2D eigenvalue weighted by atomic mass is 10.5. The zero-order chi connectivity index (χ0) is 7.49. The molecule has 0 bridgehead atoms. The Labute approximate surface area is 57.7 Å². The van der Waals surface area contributed by atoms with Gasteiger partial charge in [0, 0.05) is 0 Å². The van der Waals surface area contributed by atoms with E-state index in [0.717, 1.165) is 0 Å². The quantitative estimate of drug-likeness (QED) is 0.458. The Bertz CT molecular complexity index is 114. The van der Waals surface area contributed by atoms with Gasteiger partial charge in [0.2, 0.25) is 0 Å². The predicted octanol–water partition coefficient (Wildman–Crippen LogP) is 2.80. The topological polar surface area (TPSA) is 0 Å². The van der Waals surface area contributed by atoms with Crippen molar-refractivity contribution in [1.29, 1.82) is 0 Å². The highest BCUT2D eigenvalue weighted by Crippen LogP contribution is 2.19. The van der Waals surface area contributed by atoms with Gasteiger partial charge in [-0.2, -0.15) is 13.2 Å². The molecule has 0 nitrogen and oxygen atoms in total. The number of hydrogen-bond acceptors (Lipinski definition) is 0. The summed E-state index contributed by atoms with van der Waals surface area (Å²) in [5.41, 5.74) is 0. The van der Waals surface area contributed by atoms with Crippen molar-refractivity contribution in [2.45, 2.75) is 6.18 Å². The van der Waals surface area contributed by atoms with E-state index in [1.807, 2.05) is 0 Å². The second-order valence-corrected chi connectivity index (χ2v) is 1.83. The monoisotopic (exact) mass is 206 g/mol. The molecule has 0 aromatic heterocycles. The molecule has 0 atom stereocenters. The van der Waals surface area contributed by atoms with E-state index in [1.165, 1.54) is 0 Å². The molecule has 0 rings (SSSR count). The largest absolute Gasteiger partial charge is 0.412 e. The van der Waals surface area contributed by atoms with Crippen LogP contribution in [0.25, 0.3) is 0 Å². The average molecular weight is 207 g/mol. The van der Waals surface area contributed by atoms with Crippen LogP contribution in [0.3, 0.4) is 0 Å². The van der Waals surface area contributed by atoms with Crippen LogP contribution in [0, 0.1) is 0 Å². The Kier molecular flexibility index (Phi) is 3.17. The fraction of sp³-hybridized carbons (Fsp3) is 0.500. The van der Waals surface area contributed by atoms with Gasteiger partial charge in [0.15, 0.2) is 0 Å². The number of halogens is 5. The summed E-state index contributed by atoms with van der Waals surface area (Å²) in [5.74, 6) is -1.22. The first-order valence-electron chi connectivity index (χ1n) is 1.95. The molecule has 0 aliphatic rings. The Balaban J connectivity index is 3.95. The van der Waals surface area contributed by atoms with Crippen LogP contribution in [0.15, 0.2) is 11.9 Å². The zero-order valence-electron chi connectivity index (χ0n) is 4.17. The van der Waals surface area contributed by atoms with E-state index >= 15 is 0 Å². The van der Waals surface area contributed by atoms with E-state index in [-0.39, 0.29) is 6.08 Å². The van der Waals surface area contributed by atoms with Crippen molar-refractivity contribution >= 4 is 15.9 Å². The third-order valence-corrected chi connectivity index (χ3v) is 0.984. The van der Waals surface area contributed by atoms with Crippen LogP contribution >= 0.6 is 15.9 Å². The summed E-state index contributed by atoms with van der Waals surface area (Å²) >= 11 is 2.52. The lowest BCUT2D eigenvalue weighted by Gasteiger charge is -1.96. The minimum absolute atomic E-state index is 0.387. The lowest BCUT2D eigenvalue weighted by Crippen LogP contribution is -2.02. The number of alkyl halides is 4. The van der Waals surface area contributed by atoms with Crippen LogP contribution in [0.5, 0.6) is 0 Å². The van der Waals surface area contributed by atoms with E-state index in [1.54, 1.807) is 0 Å². The van der Waals surface area contributed by atoms with Crippen molar-refractivity contribution < 1.29 is 17.6 Å². The van der Waals surface area contributed by atoms with Crippen molar-refractivity contribution in [2.75, 3.05) is 5.33 Å². The van der Waals surface area contributed by atoms with Gasteiger partial charge < -0.3 is 0 Å². The van der Waals surface area contributed by atoms with Gasteiger partial charge >= 0.3 is 6.18 Å². The Morgan fingerprint density at radius 1 is 1.44 bits per heavy atom. The molecule has 0 aliphatic heterocycles. The van der Waals surface area contributed by atoms with Gasteiger partial charge in [-0.15, -0.1) is 0 Å². The molecule has 0 N–H and O–H groups in total. The third kappa shape index (κ3) is 5.82. The summed E-state index contributed by atoms with van der Waals surface area (Å²) in [7, 11) is 0. The maximum Gasteiger partial charge on any atom is 0.412 e. The van der Waals surface area contributed by atoms with Crippen LogP contribution in [0.2, 0.25) is 0 Å². The number of allylic oxidation sites excluding steroid dienone is 2. The van der Waals surface area contributed by atoms with Crippen molar-refractivity contribution in [3.8, 4) is 0 Å². The van der Waals surface area contributed by atoms with Crippen LogP contribution < -0.4 is 0 Å². The molecule has 0 fully saturated rings. The van der Waals surface area contributed by atoms with E-state index in [0.29, 0.717) is 0 Å². The summed E-state index contributed by atoms with van der Waals surface area (Å²) in [5, 5.41) is -0.396. The average Bonchev–Trinajstić information content (AvgIpc) is 1.62. The fourth-order valence-electron chi connectivity index (χ4n) is 0.216. The Morgan fingerprint density at radius 3 is 2.00 bits per heavy atom. The maximum absolute atomic E-state index is 11.7. The fourth-order valence-corrected chi connectivity index (χ4v) is 0.378. The molecule has 54 valence electrons. The Hall–Kier alpha value is -0.0600. The van der Waals surface area contributed by atoms with Gasteiger partial charge in [-0.05, 0) is 0 Å². The second-order valence-electron chi connectivity index (χ2n) is 1.27. The van der Waals surface area contributed by atoms with Crippen molar-refractivity contribution in [2.24, 2.45) is 0 Å². The minimum atomic E-state index is -4.54. The lowest BCUT2D eigenvalue weighted by molar-refractivity contribution is -0.0812. The van der Waals surface area contributed by atoms with Crippen LogP contribution in [0.4, 0.5) is 17.6 Å². The van der Waals surface area contributed by atoms with Gasteiger partial charge in [0.05, 0.1) is 11.4 Å². The molecule has 0 heterocycles. The predicted molar refractivity (Wildman–Crippen MR) is 29.0 cm³/mol. The van der Waals surface area contributed by atoms with Gasteiger partial charge in [-0.25, -0.2) is 4.39 Å². The highest BCUT2D eigenvalue weighted by Gasteiger charge is 2.24. The van der Waals surface area contributed by atoms with Gasteiger partial charge in [-0.1, -0.05) is 15.9 Å². The normalized spacial score (nSPS) is 14.1. The second kappa shape index (κ2) is 3.20. The molecule has 0 aliphatic carbocycles. The molecule has 0 saturated heterocycles. The van der Waals surface area contributed by atoms with Crippen LogP contribution in [-0.2, 0) is 0 Å². The maximum atomic E-state index is 11.7. The van der Waals surface area contributed by atoms with E-state index < -0.39 is 17.3 Å². The van der Waals surface area contributed by atoms with E-state index in [2.05, 4.69) is 15.9 Å². The first kappa shape index (κ1) is 8.94. The van der Waals surface area contributed by atoms with Gasteiger partial charge in [-0.3, -0.25) is 0 Å². The molecule has 0 saturated carbocycles. The number of hydrogen-bond donors (Lipinski definition) is 0. The van der Waals surface area contributed by atoms with Crippen molar-refractivity contribution in [3.05, 3.63) is 11.9 Å². The molecule has 0 aromatic rings. The molecule has 0 spiro atoms. The standard InChI is InChI=1S/C4H3BrF4/c5-2-3(6)1-4(7,8)9/h1H,2H2/b3-1-. The van der Waals surface area contributed by atoms with Crippen LogP contribution in [-0.4, -0.2) is 11.5 Å². The summed E-state index contributed by atoms with van der Waals surface area (Å²) in [6.07, 6.45) is -4.93. The first-order valence-corrected chi connectivity index (χ1v) is 3.08. The first-order chi connectivity index (χ1) is 3.95. The summed E-state index contributed by atoms with van der Waals surface area (Å²) < 4.78 is 45.2. The molecule has 0 amide bonds. The zero-order valence-corrected chi connectivity index (χ0v) is 5.76. The number of rotatable bonds is 1. The Morgan fingerprint density at radius 2 is 1.89 bits per heavy atom.